The van der Waals surface area contributed by atoms with Crippen LogP contribution < -0.4 is 4.74 Å². The van der Waals surface area contributed by atoms with Crippen LogP contribution in [0, 0.1) is 0 Å². The van der Waals surface area contributed by atoms with Crippen molar-refractivity contribution >= 4 is 10.0 Å². The Bertz CT molecular complexity index is 938. The van der Waals surface area contributed by atoms with Crippen LogP contribution in [0.3, 0.4) is 0 Å². The SMILES string of the molecule is COc1ccc(S(=O)(=O)N(C)Cc2nc(-c3ccccc3)no2)cc1. The van der Waals surface area contributed by atoms with Crippen LogP contribution in [0.2, 0.25) is 0 Å². The fraction of sp³-hybridized carbons (Fsp3) is 0.176. The van der Waals surface area contributed by atoms with E-state index in [1.165, 1.54) is 26.3 Å². The highest BCUT2D eigenvalue weighted by atomic mass is 32.2. The molecule has 0 saturated carbocycles. The van der Waals surface area contributed by atoms with Crippen LogP contribution in [0.25, 0.3) is 11.4 Å². The first-order valence-corrected chi connectivity index (χ1v) is 8.93. The molecule has 0 N–H and O–H groups in total. The molecule has 0 saturated heterocycles. The second kappa shape index (κ2) is 7.04. The molecule has 0 unspecified atom stereocenters. The van der Waals surface area contributed by atoms with E-state index in [1.54, 1.807) is 12.1 Å². The molecule has 0 bridgehead atoms. The standard InChI is InChI=1S/C17H17N3O4S/c1-20(25(21,22)15-10-8-14(23-2)9-11-15)12-16-18-17(19-24-16)13-6-4-3-5-7-13/h3-11H,12H2,1-2H3. The molecule has 3 aromatic rings. The highest BCUT2D eigenvalue weighted by Gasteiger charge is 2.23. The van der Waals surface area contributed by atoms with Gasteiger partial charge in [0.25, 0.3) is 0 Å². The zero-order valence-corrected chi connectivity index (χ0v) is 14.6. The van der Waals surface area contributed by atoms with Gasteiger partial charge in [-0.15, -0.1) is 0 Å². The Labute approximate surface area is 145 Å². The number of methoxy groups -OCH3 is 1. The number of benzene rings is 2. The van der Waals surface area contributed by atoms with E-state index in [9.17, 15) is 8.42 Å². The first-order chi connectivity index (χ1) is 12.0. The molecule has 130 valence electrons. The molecule has 8 heteroatoms. The molecule has 0 aliphatic rings. The van der Waals surface area contributed by atoms with Gasteiger partial charge in [0.05, 0.1) is 18.6 Å². The number of hydrogen-bond acceptors (Lipinski definition) is 6. The van der Waals surface area contributed by atoms with Crippen molar-refractivity contribution in [1.29, 1.82) is 0 Å². The molecule has 0 aliphatic carbocycles. The summed E-state index contributed by atoms with van der Waals surface area (Å²) in [6.45, 7) is -0.0196. The number of ether oxygens (including phenoxy) is 1. The van der Waals surface area contributed by atoms with Crippen molar-refractivity contribution in [3.05, 3.63) is 60.5 Å². The molecular weight excluding hydrogens is 342 g/mol. The monoisotopic (exact) mass is 359 g/mol. The number of sulfonamides is 1. The second-order valence-corrected chi connectivity index (χ2v) is 7.36. The minimum Gasteiger partial charge on any atom is -0.497 e. The van der Waals surface area contributed by atoms with Gasteiger partial charge in [-0.05, 0) is 24.3 Å². The number of hydrogen-bond donors (Lipinski definition) is 0. The third-order valence-corrected chi connectivity index (χ3v) is 5.44. The molecule has 0 radical (unpaired) electrons. The molecule has 0 atom stereocenters. The average Bonchev–Trinajstić information content (AvgIpc) is 3.11. The quantitative estimate of drug-likeness (QED) is 0.672. The molecule has 1 aromatic heterocycles. The lowest BCUT2D eigenvalue weighted by atomic mass is 10.2. The van der Waals surface area contributed by atoms with Crippen molar-refractivity contribution in [3.8, 4) is 17.1 Å². The Balaban J connectivity index is 1.77. The van der Waals surface area contributed by atoms with Crippen LogP contribution in [0.5, 0.6) is 5.75 Å². The largest absolute Gasteiger partial charge is 0.497 e. The fourth-order valence-electron chi connectivity index (χ4n) is 2.23. The third-order valence-electron chi connectivity index (χ3n) is 3.63. The van der Waals surface area contributed by atoms with Gasteiger partial charge in [-0.2, -0.15) is 9.29 Å². The van der Waals surface area contributed by atoms with Gasteiger partial charge < -0.3 is 9.26 Å². The van der Waals surface area contributed by atoms with Crippen molar-refractivity contribution in [2.75, 3.05) is 14.2 Å². The predicted molar refractivity (Wildman–Crippen MR) is 91.4 cm³/mol. The Morgan fingerprint density at radius 1 is 1.08 bits per heavy atom. The first-order valence-electron chi connectivity index (χ1n) is 7.49. The Morgan fingerprint density at radius 2 is 1.76 bits per heavy atom. The fourth-order valence-corrected chi connectivity index (χ4v) is 3.35. The van der Waals surface area contributed by atoms with E-state index < -0.39 is 10.0 Å². The van der Waals surface area contributed by atoms with Gasteiger partial charge in [-0.1, -0.05) is 35.5 Å². The number of nitrogens with zero attached hydrogens (tertiary/aromatic N) is 3. The summed E-state index contributed by atoms with van der Waals surface area (Å²) in [5.74, 6) is 1.23. The number of aromatic nitrogens is 2. The summed E-state index contributed by atoms with van der Waals surface area (Å²) >= 11 is 0. The minimum atomic E-state index is -3.67. The molecule has 2 aromatic carbocycles. The third kappa shape index (κ3) is 3.70. The van der Waals surface area contributed by atoms with E-state index in [0.717, 1.165) is 9.87 Å². The molecule has 25 heavy (non-hydrogen) atoms. The highest BCUT2D eigenvalue weighted by Crippen LogP contribution is 2.21. The normalized spacial score (nSPS) is 11.6. The molecule has 0 spiro atoms. The van der Waals surface area contributed by atoms with E-state index in [2.05, 4.69) is 10.1 Å². The molecule has 0 aliphatic heterocycles. The predicted octanol–water partition coefficient (Wildman–Crippen LogP) is 2.57. The average molecular weight is 359 g/mol. The minimum absolute atomic E-state index is 0.0196. The first kappa shape index (κ1) is 17.1. The van der Waals surface area contributed by atoms with E-state index in [4.69, 9.17) is 9.26 Å². The van der Waals surface area contributed by atoms with Gasteiger partial charge in [0.2, 0.25) is 21.7 Å². The van der Waals surface area contributed by atoms with Gasteiger partial charge >= 0.3 is 0 Å². The van der Waals surface area contributed by atoms with E-state index in [0.29, 0.717) is 11.6 Å². The summed E-state index contributed by atoms with van der Waals surface area (Å²) in [6.07, 6.45) is 0. The van der Waals surface area contributed by atoms with Crippen LogP contribution in [-0.4, -0.2) is 37.0 Å². The smallest absolute Gasteiger partial charge is 0.243 e. The molecule has 0 fully saturated rings. The van der Waals surface area contributed by atoms with E-state index in [-0.39, 0.29) is 17.3 Å². The van der Waals surface area contributed by atoms with Crippen molar-refractivity contribution < 1.29 is 17.7 Å². The summed E-state index contributed by atoms with van der Waals surface area (Å²) in [5.41, 5.74) is 0.804. The maximum atomic E-state index is 12.6. The van der Waals surface area contributed by atoms with Crippen molar-refractivity contribution in [3.63, 3.8) is 0 Å². The zero-order chi connectivity index (χ0) is 17.9. The van der Waals surface area contributed by atoms with Crippen molar-refractivity contribution in [2.24, 2.45) is 0 Å². The van der Waals surface area contributed by atoms with Gasteiger partial charge in [0.15, 0.2) is 0 Å². The molecule has 1 heterocycles. The van der Waals surface area contributed by atoms with Gasteiger partial charge in [0, 0.05) is 12.6 Å². The molecular formula is C17H17N3O4S. The Hall–Kier alpha value is -2.71. The van der Waals surface area contributed by atoms with Crippen molar-refractivity contribution in [2.45, 2.75) is 11.4 Å². The van der Waals surface area contributed by atoms with Gasteiger partial charge in [-0.3, -0.25) is 0 Å². The summed E-state index contributed by atoms with van der Waals surface area (Å²) < 4.78 is 36.6. The summed E-state index contributed by atoms with van der Waals surface area (Å²) in [5, 5.41) is 3.89. The van der Waals surface area contributed by atoms with Crippen LogP contribution in [0.4, 0.5) is 0 Å². The summed E-state index contributed by atoms with van der Waals surface area (Å²) in [4.78, 5) is 4.42. The topological polar surface area (TPSA) is 85.5 Å². The Morgan fingerprint density at radius 3 is 2.40 bits per heavy atom. The van der Waals surface area contributed by atoms with Crippen LogP contribution in [0.1, 0.15) is 5.89 Å². The maximum Gasteiger partial charge on any atom is 0.243 e. The molecule has 0 amide bonds. The van der Waals surface area contributed by atoms with E-state index >= 15 is 0 Å². The van der Waals surface area contributed by atoms with Crippen molar-refractivity contribution in [1.82, 2.24) is 14.4 Å². The van der Waals surface area contributed by atoms with Crippen LogP contribution in [-0.2, 0) is 16.6 Å². The summed E-state index contributed by atoms with van der Waals surface area (Å²) in [7, 11) is -0.680. The van der Waals surface area contributed by atoms with Crippen LogP contribution in [0.15, 0.2) is 64.0 Å². The lowest BCUT2D eigenvalue weighted by molar-refractivity contribution is 0.336. The molecule has 3 rings (SSSR count). The second-order valence-electron chi connectivity index (χ2n) is 5.31. The molecule has 7 nitrogen and oxygen atoms in total. The maximum absolute atomic E-state index is 12.6. The van der Waals surface area contributed by atoms with Gasteiger partial charge in [0.1, 0.15) is 5.75 Å². The number of rotatable bonds is 6. The summed E-state index contributed by atoms with van der Waals surface area (Å²) in [6, 6.07) is 15.5. The Kier molecular flexibility index (Phi) is 4.82. The lowest BCUT2D eigenvalue weighted by Gasteiger charge is -2.15. The highest BCUT2D eigenvalue weighted by molar-refractivity contribution is 7.89. The lowest BCUT2D eigenvalue weighted by Crippen LogP contribution is -2.26. The zero-order valence-electron chi connectivity index (χ0n) is 13.8. The van der Waals surface area contributed by atoms with Crippen LogP contribution >= 0.6 is 0 Å². The van der Waals surface area contributed by atoms with Gasteiger partial charge in [-0.25, -0.2) is 8.42 Å². The van der Waals surface area contributed by atoms with E-state index in [1.807, 2.05) is 30.3 Å².